The molecule has 1 atom stereocenters. The average molecular weight is 528 g/mol. The van der Waals surface area contributed by atoms with Crippen LogP contribution in [0, 0.1) is 5.82 Å². The minimum Gasteiger partial charge on any atom is -0.469 e. The van der Waals surface area contributed by atoms with E-state index in [4.69, 9.17) is 9.41 Å². The number of piperidine rings is 1. The Labute approximate surface area is 196 Å². The predicted octanol–water partition coefficient (Wildman–Crippen LogP) is 4.58. The summed E-state index contributed by atoms with van der Waals surface area (Å²) in [6.45, 7) is 7.97. The molecule has 0 aliphatic carbocycles. The van der Waals surface area contributed by atoms with Gasteiger partial charge in [-0.05, 0) is 56.0 Å². The van der Waals surface area contributed by atoms with E-state index in [0.717, 1.165) is 62.6 Å². The molecule has 1 aromatic heterocycles. The fourth-order valence-corrected chi connectivity index (χ4v) is 3.48. The minimum atomic E-state index is -0.177. The van der Waals surface area contributed by atoms with Gasteiger partial charge in [0.2, 0.25) is 0 Å². The molecule has 0 radical (unpaired) electrons. The first-order valence-electron chi connectivity index (χ1n) is 10.7. The average Bonchev–Trinajstić information content (AvgIpc) is 3.24. The third kappa shape index (κ3) is 8.26. The molecule has 30 heavy (non-hydrogen) atoms. The highest BCUT2D eigenvalue weighted by atomic mass is 127. The summed E-state index contributed by atoms with van der Waals surface area (Å²) in [6, 6.07) is 11.5. The molecule has 2 aromatic rings. The molecule has 1 unspecified atom stereocenters. The second kappa shape index (κ2) is 12.9. The third-order valence-electron chi connectivity index (χ3n) is 5.45. The fourth-order valence-electron chi connectivity index (χ4n) is 3.48. The van der Waals surface area contributed by atoms with Gasteiger partial charge in [-0.1, -0.05) is 19.1 Å². The molecule has 2 heterocycles. The van der Waals surface area contributed by atoms with Crippen LogP contribution >= 0.6 is 24.0 Å². The van der Waals surface area contributed by atoms with Crippen molar-refractivity contribution in [3.05, 3.63) is 59.8 Å². The number of nitrogens with one attached hydrogen (secondary N) is 2. The van der Waals surface area contributed by atoms with Gasteiger partial charge in [0, 0.05) is 44.7 Å². The molecular weight excluding hydrogens is 494 g/mol. The molecular formula is C23H34FIN4O. The maximum Gasteiger partial charge on any atom is 0.191 e. The largest absolute Gasteiger partial charge is 0.469 e. The van der Waals surface area contributed by atoms with E-state index in [9.17, 15) is 4.39 Å². The summed E-state index contributed by atoms with van der Waals surface area (Å²) < 4.78 is 18.5. The summed E-state index contributed by atoms with van der Waals surface area (Å²) >= 11 is 0. The lowest BCUT2D eigenvalue weighted by Crippen LogP contribution is -2.50. The van der Waals surface area contributed by atoms with E-state index in [2.05, 4.69) is 29.4 Å². The highest BCUT2D eigenvalue weighted by Crippen LogP contribution is 2.14. The molecule has 0 spiro atoms. The van der Waals surface area contributed by atoms with Crippen LogP contribution < -0.4 is 10.6 Å². The molecule has 0 saturated carbocycles. The van der Waals surface area contributed by atoms with Crippen LogP contribution in [-0.4, -0.2) is 42.6 Å². The lowest BCUT2D eigenvalue weighted by molar-refractivity contribution is 0.198. The molecule has 166 valence electrons. The van der Waals surface area contributed by atoms with Crippen molar-refractivity contribution >= 4 is 29.9 Å². The molecule has 1 aliphatic heterocycles. The molecule has 1 saturated heterocycles. The Balaban J connectivity index is 0.00000320. The number of hydrogen-bond donors (Lipinski definition) is 2. The fraction of sp³-hybridized carbons (Fsp3) is 0.522. The van der Waals surface area contributed by atoms with Crippen LogP contribution in [0.15, 0.2) is 52.1 Å². The van der Waals surface area contributed by atoms with Gasteiger partial charge >= 0.3 is 0 Å². The molecule has 1 aliphatic rings. The summed E-state index contributed by atoms with van der Waals surface area (Å²) in [5.41, 5.74) is 1.16. The Morgan fingerprint density at radius 1 is 1.23 bits per heavy atom. The van der Waals surface area contributed by atoms with Crippen molar-refractivity contribution in [2.75, 3.05) is 19.6 Å². The van der Waals surface area contributed by atoms with Crippen molar-refractivity contribution in [2.45, 2.75) is 58.2 Å². The molecule has 7 heteroatoms. The minimum absolute atomic E-state index is 0. The topological polar surface area (TPSA) is 52.8 Å². The number of likely N-dealkylation sites (tertiary alicyclic amines) is 1. The number of furan rings is 1. The standard InChI is InChI=1S/C23H33FN4O.HI/c1-3-18(2)26-23(25-13-10-22-5-4-16-29-22)27-21-11-14-28(15-12-21)17-19-6-8-20(24)9-7-19;/h4-9,16,18,21H,3,10-15,17H2,1-2H3,(H2,25,26,27);1H. The van der Waals surface area contributed by atoms with Crippen LogP contribution in [0.5, 0.6) is 0 Å². The number of nitrogens with zero attached hydrogens (tertiary/aromatic N) is 2. The van der Waals surface area contributed by atoms with Crippen LogP contribution in [0.2, 0.25) is 0 Å². The van der Waals surface area contributed by atoms with Gasteiger partial charge in [0.05, 0.1) is 6.26 Å². The number of hydrogen-bond acceptors (Lipinski definition) is 3. The Hall–Kier alpha value is -1.61. The lowest BCUT2D eigenvalue weighted by Gasteiger charge is -2.33. The van der Waals surface area contributed by atoms with Gasteiger partial charge < -0.3 is 15.1 Å². The van der Waals surface area contributed by atoms with Crippen LogP contribution in [0.4, 0.5) is 4.39 Å². The van der Waals surface area contributed by atoms with Crippen molar-refractivity contribution in [3.63, 3.8) is 0 Å². The maximum absolute atomic E-state index is 13.1. The Morgan fingerprint density at radius 3 is 2.60 bits per heavy atom. The number of rotatable bonds is 8. The van der Waals surface area contributed by atoms with Crippen LogP contribution in [0.1, 0.15) is 44.4 Å². The monoisotopic (exact) mass is 528 g/mol. The number of benzene rings is 1. The van der Waals surface area contributed by atoms with Crippen LogP contribution in [0.25, 0.3) is 0 Å². The second-order valence-electron chi connectivity index (χ2n) is 7.83. The summed E-state index contributed by atoms with van der Waals surface area (Å²) in [7, 11) is 0. The van der Waals surface area contributed by atoms with Gasteiger partial charge in [-0.2, -0.15) is 0 Å². The molecule has 0 bridgehead atoms. The molecule has 0 amide bonds. The second-order valence-corrected chi connectivity index (χ2v) is 7.83. The van der Waals surface area contributed by atoms with Gasteiger partial charge in [0.1, 0.15) is 11.6 Å². The quantitative estimate of drug-likeness (QED) is 0.300. The van der Waals surface area contributed by atoms with E-state index in [1.807, 2.05) is 24.3 Å². The van der Waals surface area contributed by atoms with E-state index in [-0.39, 0.29) is 29.8 Å². The smallest absolute Gasteiger partial charge is 0.191 e. The third-order valence-corrected chi connectivity index (χ3v) is 5.45. The molecule has 1 aromatic carbocycles. The molecule has 1 fully saturated rings. The van der Waals surface area contributed by atoms with E-state index in [1.54, 1.807) is 6.26 Å². The van der Waals surface area contributed by atoms with Gasteiger partial charge in [-0.25, -0.2) is 4.39 Å². The normalized spacial score (nSPS) is 16.7. The lowest BCUT2D eigenvalue weighted by atomic mass is 10.0. The van der Waals surface area contributed by atoms with Crippen LogP contribution in [-0.2, 0) is 13.0 Å². The van der Waals surface area contributed by atoms with Crippen molar-refractivity contribution in [2.24, 2.45) is 4.99 Å². The summed E-state index contributed by atoms with van der Waals surface area (Å²) in [5, 5.41) is 7.13. The zero-order valence-electron chi connectivity index (χ0n) is 17.9. The SMILES string of the molecule is CCC(C)NC(=NCCc1ccco1)NC1CCN(Cc2ccc(F)cc2)CC1.I. The highest BCUT2D eigenvalue weighted by Gasteiger charge is 2.20. The number of halogens is 2. The Bertz CT molecular complexity index is 743. The van der Waals surface area contributed by atoms with Crippen molar-refractivity contribution in [3.8, 4) is 0 Å². The van der Waals surface area contributed by atoms with Gasteiger partial charge in [-0.15, -0.1) is 24.0 Å². The van der Waals surface area contributed by atoms with Crippen molar-refractivity contribution in [1.82, 2.24) is 15.5 Å². The summed E-state index contributed by atoms with van der Waals surface area (Å²) in [4.78, 5) is 7.19. The molecule has 3 rings (SSSR count). The predicted molar refractivity (Wildman–Crippen MR) is 131 cm³/mol. The van der Waals surface area contributed by atoms with Gasteiger partial charge in [0.15, 0.2) is 5.96 Å². The zero-order chi connectivity index (χ0) is 20.5. The van der Waals surface area contributed by atoms with Crippen LogP contribution in [0.3, 0.4) is 0 Å². The summed E-state index contributed by atoms with van der Waals surface area (Å²) in [5.74, 6) is 1.68. The molecule has 2 N–H and O–H groups in total. The van der Waals surface area contributed by atoms with E-state index in [1.165, 1.54) is 12.1 Å². The van der Waals surface area contributed by atoms with E-state index in [0.29, 0.717) is 18.6 Å². The molecule has 5 nitrogen and oxygen atoms in total. The highest BCUT2D eigenvalue weighted by molar-refractivity contribution is 14.0. The summed E-state index contributed by atoms with van der Waals surface area (Å²) in [6.07, 6.45) is 5.70. The van der Waals surface area contributed by atoms with Crippen molar-refractivity contribution < 1.29 is 8.81 Å². The number of guanidine groups is 1. The first-order chi connectivity index (χ1) is 14.1. The maximum atomic E-state index is 13.1. The van der Waals surface area contributed by atoms with Gasteiger partial charge in [0.25, 0.3) is 0 Å². The Morgan fingerprint density at radius 2 is 1.97 bits per heavy atom. The van der Waals surface area contributed by atoms with Crippen molar-refractivity contribution in [1.29, 1.82) is 0 Å². The van der Waals surface area contributed by atoms with E-state index < -0.39 is 0 Å². The first kappa shape index (κ1) is 24.7. The Kier molecular flexibility index (Phi) is 10.6. The first-order valence-corrected chi connectivity index (χ1v) is 10.7. The zero-order valence-corrected chi connectivity index (χ0v) is 20.3. The number of aliphatic imine (C=N–C) groups is 1. The van der Waals surface area contributed by atoms with Gasteiger partial charge in [-0.3, -0.25) is 9.89 Å². The van der Waals surface area contributed by atoms with E-state index >= 15 is 0 Å².